The van der Waals surface area contributed by atoms with Crippen LogP contribution in [0.2, 0.25) is 8.67 Å². The number of thiophene rings is 1. The van der Waals surface area contributed by atoms with Crippen LogP contribution in [-0.2, 0) is 6.18 Å². The second kappa shape index (κ2) is 5.52. The van der Waals surface area contributed by atoms with Crippen molar-refractivity contribution in [1.82, 2.24) is 0 Å². The average Bonchev–Trinajstić information content (AvgIpc) is 2.66. The first kappa shape index (κ1) is 15.6. The highest BCUT2D eigenvalue weighted by Crippen LogP contribution is 2.39. The molecular formula is C12H7Cl2F4NS. The standard InChI is InChI=1S/C12H7Cl2F4NS/c13-8-4-6(11(14)20-8)10(19)5-2-1-3-7(9(5)15)12(16,17)18/h1-4,10H,19H2. The van der Waals surface area contributed by atoms with Gasteiger partial charge in [-0.2, -0.15) is 13.2 Å². The molecular weight excluding hydrogens is 337 g/mol. The van der Waals surface area contributed by atoms with Crippen molar-refractivity contribution in [1.29, 1.82) is 0 Å². The number of hydrogen-bond donors (Lipinski definition) is 1. The van der Waals surface area contributed by atoms with Crippen molar-refractivity contribution in [2.45, 2.75) is 12.2 Å². The summed E-state index contributed by atoms with van der Waals surface area (Å²) >= 11 is 12.6. The lowest BCUT2D eigenvalue weighted by Gasteiger charge is -2.16. The third kappa shape index (κ3) is 2.93. The van der Waals surface area contributed by atoms with Crippen LogP contribution in [0.3, 0.4) is 0 Å². The Kier molecular flexibility index (Phi) is 4.30. The van der Waals surface area contributed by atoms with Crippen LogP contribution in [0, 0.1) is 5.82 Å². The molecule has 0 radical (unpaired) electrons. The van der Waals surface area contributed by atoms with Gasteiger partial charge in [-0.25, -0.2) is 4.39 Å². The number of halogens is 6. The van der Waals surface area contributed by atoms with Gasteiger partial charge in [0.05, 0.1) is 20.3 Å². The number of alkyl halides is 3. The molecule has 8 heteroatoms. The Labute approximate surface area is 125 Å². The molecule has 0 aliphatic carbocycles. The maximum Gasteiger partial charge on any atom is 0.419 e. The lowest BCUT2D eigenvalue weighted by Crippen LogP contribution is -2.17. The van der Waals surface area contributed by atoms with Gasteiger partial charge in [-0.05, 0) is 12.1 Å². The summed E-state index contributed by atoms with van der Waals surface area (Å²) < 4.78 is 52.5. The minimum absolute atomic E-state index is 0.222. The molecule has 0 bridgehead atoms. The van der Waals surface area contributed by atoms with Gasteiger partial charge in [0, 0.05) is 11.1 Å². The van der Waals surface area contributed by atoms with E-state index in [0.29, 0.717) is 16.0 Å². The van der Waals surface area contributed by atoms with Crippen molar-refractivity contribution >= 4 is 34.5 Å². The van der Waals surface area contributed by atoms with Crippen molar-refractivity contribution in [3.8, 4) is 0 Å². The highest BCUT2D eigenvalue weighted by Gasteiger charge is 2.35. The molecule has 2 rings (SSSR count). The lowest BCUT2D eigenvalue weighted by molar-refractivity contribution is -0.140. The molecule has 0 fully saturated rings. The van der Waals surface area contributed by atoms with Gasteiger partial charge in [0.25, 0.3) is 0 Å². The molecule has 1 unspecified atom stereocenters. The van der Waals surface area contributed by atoms with Crippen LogP contribution in [0.1, 0.15) is 22.7 Å². The van der Waals surface area contributed by atoms with Gasteiger partial charge >= 0.3 is 6.18 Å². The fourth-order valence-electron chi connectivity index (χ4n) is 1.74. The van der Waals surface area contributed by atoms with Crippen LogP contribution in [-0.4, -0.2) is 0 Å². The number of nitrogens with two attached hydrogens (primary N) is 1. The fraction of sp³-hybridized carbons (Fsp3) is 0.167. The molecule has 2 N–H and O–H groups in total. The van der Waals surface area contributed by atoms with E-state index < -0.39 is 23.6 Å². The van der Waals surface area contributed by atoms with Gasteiger partial charge in [0.2, 0.25) is 0 Å². The number of rotatable bonds is 2. The normalized spacial score (nSPS) is 13.6. The zero-order valence-corrected chi connectivity index (χ0v) is 12.0. The predicted octanol–water partition coefficient (Wildman–Crippen LogP) is 5.26. The third-order valence-electron chi connectivity index (χ3n) is 2.69. The van der Waals surface area contributed by atoms with Crippen LogP contribution in [0.25, 0.3) is 0 Å². The molecule has 0 aliphatic rings. The molecule has 0 saturated heterocycles. The van der Waals surface area contributed by atoms with Crippen molar-refractivity contribution in [3.05, 3.63) is 55.4 Å². The van der Waals surface area contributed by atoms with E-state index in [9.17, 15) is 17.6 Å². The molecule has 0 saturated carbocycles. The first-order chi connectivity index (χ1) is 9.21. The Morgan fingerprint density at radius 3 is 2.30 bits per heavy atom. The predicted molar refractivity (Wildman–Crippen MR) is 71.8 cm³/mol. The Bertz CT molecular complexity index is 639. The lowest BCUT2D eigenvalue weighted by atomic mass is 9.99. The summed E-state index contributed by atoms with van der Waals surface area (Å²) in [6.07, 6.45) is -4.78. The molecule has 0 spiro atoms. The van der Waals surface area contributed by atoms with Crippen LogP contribution < -0.4 is 5.73 Å². The fourth-order valence-corrected chi connectivity index (χ4v) is 3.29. The molecule has 1 heterocycles. The van der Waals surface area contributed by atoms with E-state index in [1.165, 1.54) is 12.1 Å². The van der Waals surface area contributed by atoms with E-state index >= 15 is 0 Å². The largest absolute Gasteiger partial charge is 0.419 e. The number of benzene rings is 1. The van der Waals surface area contributed by atoms with Gasteiger partial charge in [-0.1, -0.05) is 35.3 Å². The summed E-state index contributed by atoms with van der Waals surface area (Å²) in [6, 6.07) is 3.25. The van der Waals surface area contributed by atoms with Crippen LogP contribution in [0.15, 0.2) is 24.3 Å². The molecule has 0 aliphatic heterocycles. The molecule has 1 aromatic carbocycles. The molecule has 1 atom stereocenters. The molecule has 2 aromatic rings. The average molecular weight is 344 g/mol. The Morgan fingerprint density at radius 2 is 1.80 bits per heavy atom. The van der Waals surface area contributed by atoms with Crippen molar-refractivity contribution in [2.24, 2.45) is 5.73 Å². The summed E-state index contributed by atoms with van der Waals surface area (Å²) in [5.74, 6) is -1.40. The van der Waals surface area contributed by atoms with E-state index in [-0.39, 0.29) is 9.90 Å². The van der Waals surface area contributed by atoms with Crippen LogP contribution >= 0.6 is 34.5 Å². The van der Waals surface area contributed by atoms with Crippen molar-refractivity contribution in [2.75, 3.05) is 0 Å². The number of hydrogen-bond acceptors (Lipinski definition) is 2. The van der Waals surface area contributed by atoms with Crippen LogP contribution in [0.5, 0.6) is 0 Å². The summed E-state index contributed by atoms with van der Waals surface area (Å²) in [4.78, 5) is 0. The van der Waals surface area contributed by atoms with Gasteiger partial charge in [0.1, 0.15) is 5.82 Å². The minimum Gasteiger partial charge on any atom is -0.320 e. The summed E-state index contributed by atoms with van der Waals surface area (Å²) in [7, 11) is 0. The highest BCUT2D eigenvalue weighted by molar-refractivity contribution is 7.20. The van der Waals surface area contributed by atoms with Crippen molar-refractivity contribution in [3.63, 3.8) is 0 Å². The summed E-state index contributed by atoms with van der Waals surface area (Å²) in [5.41, 5.74) is 4.45. The summed E-state index contributed by atoms with van der Waals surface area (Å²) in [5, 5.41) is 0. The third-order valence-corrected chi connectivity index (χ3v) is 4.21. The van der Waals surface area contributed by atoms with Gasteiger partial charge < -0.3 is 5.73 Å². The Hall–Kier alpha value is -0.820. The van der Waals surface area contributed by atoms with Gasteiger partial charge in [-0.15, -0.1) is 11.3 Å². The Balaban J connectivity index is 2.51. The summed E-state index contributed by atoms with van der Waals surface area (Å²) in [6.45, 7) is 0. The van der Waals surface area contributed by atoms with E-state index in [4.69, 9.17) is 28.9 Å². The van der Waals surface area contributed by atoms with Gasteiger partial charge in [-0.3, -0.25) is 0 Å². The second-order valence-corrected chi connectivity index (χ2v) is 6.25. The van der Waals surface area contributed by atoms with E-state index in [1.807, 2.05) is 0 Å². The van der Waals surface area contributed by atoms with Crippen molar-refractivity contribution < 1.29 is 17.6 Å². The van der Waals surface area contributed by atoms with Crippen LogP contribution in [0.4, 0.5) is 17.6 Å². The molecule has 0 amide bonds. The quantitative estimate of drug-likeness (QED) is 0.739. The first-order valence-electron chi connectivity index (χ1n) is 5.27. The molecule has 1 nitrogen and oxygen atoms in total. The molecule has 20 heavy (non-hydrogen) atoms. The monoisotopic (exact) mass is 343 g/mol. The maximum atomic E-state index is 14.0. The molecule has 1 aromatic heterocycles. The van der Waals surface area contributed by atoms with Gasteiger partial charge in [0.15, 0.2) is 0 Å². The zero-order chi connectivity index (χ0) is 15.1. The SMILES string of the molecule is NC(c1cc(Cl)sc1Cl)c1cccc(C(F)(F)F)c1F. The second-order valence-electron chi connectivity index (χ2n) is 3.96. The topological polar surface area (TPSA) is 26.0 Å². The zero-order valence-electron chi connectivity index (χ0n) is 9.64. The molecule has 108 valence electrons. The van der Waals surface area contributed by atoms with E-state index in [2.05, 4.69) is 0 Å². The smallest absolute Gasteiger partial charge is 0.320 e. The van der Waals surface area contributed by atoms with E-state index in [0.717, 1.165) is 17.4 Å². The first-order valence-corrected chi connectivity index (χ1v) is 6.85. The maximum absolute atomic E-state index is 14.0. The highest BCUT2D eigenvalue weighted by atomic mass is 35.5. The Morgan fingerprint density at radius 1 is 1.15 bits per heavy atom. The van der Waals surface area contributed by atoms with E-state index in [1.54, 1.807) is 0 Å². The minimum atomic E-state index is -4.78.